The summed E-state index contributed by atoms with van der Waals surface area (Å²) in [6.07, 6.45) is 9.75. The number of benzene rings is 1. The maximum absolute atomic E-state index is 8.89. The normalized spacial score (nSPS) is 43.7. The Morgan fingerprint density at radius 2 is 1.45 bits per heavy atom. The first kappa shape index (κ1) is 20.6. The molecule has 31 heavy (non-hydrogen) atoms. The predicted octanol–water partition coefficient (Wildman–Crippen LogP) is 4.18. The van der Waals surface area contributed by atoms with Crippen LogP contribution in [-0.4, -0.2) is 29.8 Å². The van der Waals surface area contributed by atoms with Gasteiger partial charge in [0.25, 0.3) is 0 Å². The van der Waals surface area contributed by atoms with Crippen LogP contribution >= 0.6 is 0 Å². The molecule has 2 spiro atoms. The SMILES string of the molecule is OCCNCc1ccc(C2CCC3(CC2)OOC2(OO3)C3CC4CC(C3)CC2C4)cc1. The number of hydrogen-bond donors (Lipinski definition) is 2. The summed E-state index contributed by atoms with van der Waals surface area (Å²) in [4.78, 5) is 24.5. The summed E-state index contributed by atoms with van der Waals surface area (Å²) in [5, 5.41) is 12.1. The highest BCUT2D eigenvalue weighted by atomic mass is 17.4. The van der Waals surface area contributed by atoms with E-state index < -0.39 is 11.6 Å². The molecule has 1 saturated heterocycles. The zero-order valence-electron chi connectivity index (χ0n) is 18.3. The maximum Gasteiger partial charge on any atom is 0.239 e. The van der Waals surface area contributed by atoms with Crippen LogP contribution in [0.4, 0.5) is 0 Å². The van der Waals surface area contributed by atoms with Crippen LogP contribution in [0.3, 0.4) is 0 Å². The van der Waals surface area contributed by atoms with Crippen molar-refractivity contribution in [3.63, 3.8) is 0 Å². The van der Waals surface area contributed by atoms with Gasteiger partial charge in [-0.1, -0.05) is 24.3 Å². The third-order valence-electron chi connectivity index (χ3n) is 8.74. The van der Waals surface area contributed by atoms with E-state index in [2.05, 4.69) is 29.6 Å². The molecule has 170 valence electrons. The van der Waals surface area contributed by atoms with E-state index >= 15 is 0 Å². The van der Waals surface area contributed by atoms with Gasteiger partial charge in [0.1, 0.15) is 0 Å². The summed E-state index contributed by atoms with van der Waals surface area (Å²) in [6, 6.07) is 8.83. The maximum atomic E-state index is 8.89. The lowest BCUT2D eigenvalue weighted by molar-refractivity contribution is -0.680. The summed E-state index contributed by atoms with van der Waals surface area (Å²) in [7, 11) is 0. The smallest absolute Gasteiger partial charge is 0.239 e. The highest BCUT2D eigenvalue weighted by Gasteiger charge is 2.64. The molecule has 0 aromatic heterocycles. The fourth-order valence-corrected chi connectivity index (χ4v) is 7.20. The average Bonchev–Trinajstić information content (AvgIpc) is 2.80. The molecular formula is C25H35NO5. The minimum Gasteiger partial charge on any atom is -0.395 e. The summed E-state index contributed by atoms with van der Waals surface area (Å²) < 4.78 is 0. The van der Waals surface area contributed by atoms with Gasteiger partial charge in [-0.3, -0.25) is 0 Å². The molecule has 1 aromatic carbocycles. The second-order valence-electron chi connectivity index (χ2n) is 10.7. The van der Waals surface area contributed by atoms with E-state index in [4.69, 9.17) is 24.7 Å². The van der Waals surface area contributed by atoms with E-state index in [1.807, 2.05) is 0 Å². The summed E-state index contributed by atoms with van der Waals surface area (Å²) >= 11 is 0. The Kier molecular flexibility index (Phi) is 5.37. The van der Waals surface area contributed by atoms with Gasteiger partial charge in [0.15, 0.2) is 0 Å². The van der Waals surface area contributed by atoms with Crippen LogP contribution in [0.15, 0.2) is 24.3 Å². The largest absolute Gasteiger partial charge is 0.395 e. The lowest BCUT2D eigenvalue weighted by Gasteiger charge is -2.60. The number of hydrogen-bond acceptors (Lipinski definition) is 6. The summed E-state index contributed by atoms with van der Waals surface area (Å²) in [5.74, 6) is 1.65. The van der Waals surface area contributed by atoms with Gasteiger partial charge in [0.2, 0.25) is 11.6 Å². The fraction of sp³-hybridized carbons (Fsp3) is 0.760. The third-order valence-corrected chi connectivity index (χ3v) is 8.74. The molecule has 1 heterocycles. The zero-order valence-corrected chi connectivity index (χ0v) is 18.3. The van der Waals surface area contributed by atoms with E-state index in [0.29, 0.717) is 24.3 Å². The van der Waals surface area contributed by atoms with Gasteiger partial charge in [-0.05, 0) is 73.8 Å². The van der Waals surface area contributed by atoms with Crippen LogP contribution in [0.2, 0.25) is 0 Å². The Balaban J connectivity index is 1.05. The first-order valence-electron chi connectivity index (χ1n) is 12.3. The quantitative estimate of drug-likeness (QED) is 0.541. The number of aliphatic hydroxyl groups is 1. The fourth-order valence-electron chi connectivity index (χ4n) is 7.20. The van der Waals surface area contributed by atoms with Gasteiger partial charge in [0.05, 0.1) is 6.61 Å². The molecule has 4 bridgehead atoms. The molecule has 6 heteroatoms. The van der Waals surface area contributed by atoms with Crippen molar-refractivity contribution in [3.05, 3.63) is 35.4 Å². The van der Waals surface area contributed by atoms with Crippen molar-refractivity contribution in [2.45, 2.75) is 81.8 Å². The minimum atomic E-state index is -0.745. The molecular weight excluding hydrogens is 394 g/mol. The Morgan fingerprint density at radius 1 is 0.839 bits per heavy atom. The van der Waals surface area contributed by atoms with Crippen molar-refractivity contribution in [1.82, 2.24) is 5.32 Å². The van der Waals surface area contributed by atoms with E-state index in [9.17, 15) is 0 Å². The van der Waals surface area contributed by atoms with Crippen LogP contribution in [-0.2, 0) is 26.1 Å². The Hall–Kier alpha value is -1.02. The van der Waals surface area contributed by atoms with Gasteiger partial charge in [-0.25, -0.2) is 0 Å². The van der Waals surface area contributed by atoms with E-state index in [1.165, 1.54) is 43.2 Å². The van der Waals surface area contributed by atoms with Crippen molar-refractivity contribution >= 4 is 0 Å². The topological polar surface area (TPSA) is 69.2 Å². The van der Waals surface area contributed by atoms with Crippen LogP contribution in [0, 0.1) is 23.7 Å². The number of aliphatic hydroxyl groups excluding tert-OH is 1. The van der Waals surface area contributed by atoms with Crippen molar-refractivity contribution in [2.24, 2.45) is 23.7 Å². The molecule has 5 saturated carbocycles. The Morgan fingerprint density at radius 3 is 2.03 bits per heavy atom. The number of nitrogens with one attached hydrogen (secondary N) is 1. The molecule has 7 rings (SSSR count). The van der Waals surface area contributed by atoms with Crippen LogP contribution in [0.1, 0.15) is 74.8 Å². The van der Waals surface area contributed by atoms with Crippen molar-refractivity contribution in [2.75, 3.05) is 13.2 Å². The minimum absolute atomic E-state index is 0.170. The molecule has 6 fully saturated rings. The highest BCUT2D eigenvalue weighted by molar-refractivity contribution is 5.26. The van der Waals surface area contributed by atoms with Crippen LogP contribution < -0.4 is 5.32 Å². The average molecular weight is 430 g/mol. The van der Waals surface area contributed by atoms with Crippen molar-refractivity contribution in [3.8, 4) is 0 Å². The first-order chi connectivity index (χ1) is 15.2. The van der Waals surface area contributed by atoms with Crippen LogP contribution in [0.25, 0.3) is 0 Å². The molecule has 6 aliphatic rings. The summed E-state index contributed by atoms with van der Waals surface area (Å²) in [5.41, 5.74) is 2.61. The Bertz CT molecular complexity index is 733. The van der Waals surface area contributed by atoms with Crippen molar-refractivity contribution < 1.29 is 24.7 Å². The molecule has 0 unspecified atom stereocenters. The molecule has 0 atom stereocenters. The molecule has 0 amide bonds. The molecule has 1 aromatic rings. The second-order valence-corrected chi connectivity index (χ2v) is 10.7. The van der Waals surface area contributed by atoms with Gasteiger partial charge in [0, 0.05) is 37.8 Å². The first-order valence-corrected chi connectivity index (χ1v) is 12.3. The standard InChI is InChI=1S/C25H35NO5/c27-10-9-26-16-17-1-3-20(4-2-17)21-5-7-24(8-6-21)28-30-25(31-29-24)22-12-18-11-19(14-22)15-23(25)13-18/h1-4,18-19,21-23,26-27H,5-16H2. The molecule has 2 N–H and O–H groups in total. The monoisotopic (exact) mass is 429 g/mol. The van der Waals surface area contributed by atoms with Crippen molar-refractivity contribution in [1.29, 1.82) is 0 Å². The van der Waals surface area contributed by atoms with E-state index in [0.717, 1.165) is 44.1 Å². The van der Waals surface area contributed by atoms with E-state index in [1.54, 1.807) is 0 Å². The second kappa shape index (κ2) is 8.08. The number of rotatable bonds is 5. The zero-order chi connectivity index (χ0) is 20.9. The van der Waals surface area contributed by atoms with Gasteiger partial charge in [-0.2, -0.15) is 19.6 Å². The lowest BCUT2D eigenvalue weighted by Crippen LogP contribution is -2.64. The van der Waals surface area contributed by atoms with Gasteiger partial charge in [-0.15, -0.1) is 0 Å². The molecule has 1 aliphatic heterocycles. The summed E-state index contributed by atoms with van der Waals surface area (Å²) in [6.45, 7) is 1.58. The van der Waals surface area contributed by atoms with Crippen LogP contribution in [0.5, 0.6) is 0 Å². The Labute approximate surface area is 184 Å². The van der Waals surface area contributed by atoms with Gasteiger partial charge < -0.3 is 10.4 Å². The predicted molar refractivity (Wildman–Crippen MR) is 113 cm³/mol. The lowest BCUT2D eigenvalue weighted by atomic mass is 9.53. The van der Waals surface area contributed by atoms with E-state index in [-0.39, 0.29) is 6.61 Å². The molecule has 6 nitrogen and oxygen atoms in total. The highest BCUT2D eigenvalue weighted by Crippen LogP contribution is 2.62. The molecule has 0 radical (unpaired) electrons. The van der Waals surface area contributed by atoms with Gasteiger partial charge >= 0.3 is 0 Å². The molecule has 5 aliphatic carbocycles. The third kappa shape index (κ3) is 3.65.